The monoisotopic (exact) mass is 283 g/mol. The predicted octanol–water partition coefficient (Wildman–Crippen LogP) is 1.81. The molecular formula is C16H21N5. The van der Waals surface area contributed by atoms with Crippen molar-refractivity contribution >= 4 is 5.95 Å². The van der Waals surface area contributed by atoms with E-state index in [-0.39, 0.29) is 0 Å². The summed E-state index contributed by atoms with van der Waals surface area (Å²) in [6.07, 6.45) is 3.71. The first kappa shape index (κ1) is 13.9. The van der Waals surface area contributed by atoms with E-state index >= 15 is 0 Å². The summed E-state index contributed by atoms with van der Waals surface area (Å²) >= 11 is 0. The highest BCUT2D eigenvalue weighted by atomic mass is 15.3. The van der Waals surface area contributed by atoms with E-state index in [1.54, 1.807) is 0 Å². The van der Waals surface area contributed by atoms with Crippen LogP contribution in [0, 0.1) is 13.8 Å². The van der Waals surface area contributed by atoms with Gasteiger partial charge >= 0.3 is 0 Å². The molecule has 21 heavy (non-hydrogen) atoms. The Labute approximate surface area is 125 Å². The molecule has 0 bridgehead atoms. The zero-order valence-electron chi connectivity index (χ0n) is 12.7. The molecule has 1 saturated heterocycles. The van der Waals surface area contributed by atoms with E-state index < -0.39 is 0 Å². The minimum Gasteiger partial charge on any atom is -0.338 e. The van der Waals surface area contributed by atoms with Crippen LogP contribution in [0.5, 0.6) is 0 Å². The zero-order chi connectivity index (χ0) is 14.7. The molecule has 0 atom stereocenters. The Kier molecular flexibility index (Phi) is 4.10. The van der Waals surface area contributed by atoms with Gasteiger partial charge in [0.15, 0.2) is 0 Å². The lowest BCUT2D eigenvalue weighted by atomic mass is 10.2. The number of pyridine rings is 1. The topological polar surface area (TPSA) is 45.2 Å². The number of anilines is 1. The van der Waals surface area contributed by atoms with E-state index in [0.29, 0.717) is 0 Å². The largest absolute Gasteiger partial charge is 0.338 e. The normalized spacial score (nSPS) is 16.2. The van der Waals surface area contributed by atoms with Crippen LogP contribution in [-0.4, -0.2) is 46.0 Å². The average molecular weight is 283 g/mol. The Hall–Kier alpha value is -2.01. The Morgan fingerprint density at radius 2 is 1.81 bits per heavy atom. The fourth-order valence-corrected chi connectivity index (χ4v) is 2.59. The first-order valence-electron chi connectivity index (χ1n) is 7.40. The molecule has 0 aromatic carbocycles. The number of aromatic nitrogens is 3. The van der Waals surface area contributed by atoms with Crippen LogP contribution >= 0.6 is 0 Å². The van der Waals surface area contributed by atoms with Gasteiger partial charge in [-0.25, -0.2) is 9.97 Å². The van der Waals surface area contributed by atoms with Crippen LogP contribution in [0.15, 0.2) is 30.6 Å². The second-order valence-electron chi connectivity index (χ2n) is 5.53. The van der Waals surface area contributed by atoms with Crippen LogP contribution in [0.4, 0.5) is 5.95 Å². The van der Waals surface area contributed by atoms with E-state index in [1.807, 2.05) is 31.5 Å². The maximum atomic E-state index is 4.50. The van der Waals surface area contributed by atoms with Crippen LogP contribution < -0.4 is 4.90 Å². The lowest BCUT2D eigenvalue weighted by Gasteiger charge is -2.34. The number of piperazine rings is 1. The summed E-state index contributed by atoms with van der Waals surface area (Å²) in [4.78, 5) is 18.1. The zero-order valence-corrected chi connectivity index (χ0v) is 12.7. The molecule has 0 amide bonds. The van der Waals surface area contributed by atoms with E-state index in [1.165, 1.54) is 11.3 Å². The van der Waals surface area contributed by atoms with E-state index in [2.05, 4.69) is 37.7 Å². The van der Waals surface area contributed by atoms with Crippen molar-refractivity contribution in [3.8, 4) is 0 Å². The minimum atomic E-state index is 0.851. The van der Waals surface area contributed by atoms with E-state index in [9.17, 15) is 0 Å². The molecular weight excluding hydrogens is 262 g/mol. The van der Waals surface area contributed by atoms with Crippen molar-refractivity contribution in [2.45, 2.75) is 20.4 Å². The molecule has 0 saturated carbocycles. The fraction of sp³-hybridized carbons (Fsp3) is 0.438. The third-order valence-corrected chi connectivity index (χ3v) is 3.93. The molecule has 2 aromatic heterocycles. The fourth-order valence-electron chi connectivity index (χ4n) is 2.59. The predicted molar refractivity (Wildman–Crippen MR) is 83.2 cm³/mol. The first-order chi connectivity index (χ1) is 10.2. The van der Waals surface area contributed by atoms with Gasteiger partial charge in [-0.3, -0.25) is 9.88 Å². The number of aryl methyl sites for hydroxylation is 2. The SMILES string of the molecule is Cc1ccnc(N2CCN(Cc3ncccc3C)CC2)n1. The molecule has 110 valence electrons. The highest BCUT2D eigenvalue weighted by molar-refractivity contribution is 5.31. The molecule has 2 aromatic rings. The summed E-state index contributed by atoms with van der Waals surface area (Å²) in [5.74, 6) is 0.851. The van der Waals surface area contributed by atoms with Gasteiger partial charge in [0.05, 0.1) is 5.69 Å². The maximum absolute atomic E-state index is 4.50. The van der Waals surface area contributed by atoms with Gasteiger partial charge in [0.25, 0.3) is 0 Å². The first-order valence-corrected chi connectivity index (χ1v) is 7.40. The highest BCUT2D eigenvalue weighted by Crippen LogP contribution is 2.13. The van der Waals surface area contributed by atoms with Crippen LogP contribution in [0.25, 0.3) is 0 Å². The van der Waals surface area contributed by atoms with Gasteiger partial charge in [-0.15, -0.1) is 0 Å². The molecule has 1 aliphatic rings. The quantitative estimate of drug-likeness (QED) is 0.859. The molecule has 3 rings (SSSR count). The molecule has 0 N–H and O–H groups in total. The molecule has 0 radical (unpaired) electrons. The van der Waals surface area contributed by atoms with Crippen molar-refractivity contribution in [1.82, 2.24) is 19.9 Å². The van der Waals surface area contributed by atoms with E-state index in [4.69, 9.17) is 0 Å². The van der Waals surface area contributed by atoms with Crippen molar-refractivity contribution in [1.29, 1.82) is 0 Å². The molecule has 1 aliphatic heterocycles. The second-order valence-corrected chi connectivity index (χ2v) is 5.53. The molecule has 0 unspecified atom stereocenters. The Morgan fingerprint density at radius 3 is 2.52 bits per heavy atom. The summed E-state index contributed by atoms with van der Waals surface area (Å²) in [5, 5.41) is 0. The lowest BCUT2D eigenvalue weighted by molar-refractivity contribution is 0.245. The summed E-state index contributed by atoms with van der Waals surface area (Å²) in [7, 11) is 0. The van der Waals surface area contributed by atoms with Gasteiger partial charge in [-0.05, 0) is 31.5 Å². The molecule has 1 fully saturated rings. The summed E-state index contributed by atoms with van der Waals surface area (Å²) in [6, 6.07) is 6.05. The Bertz CT molecular complexity index is 605. The second kappa shape index (κ2) is 6.18. The van der Waals surface area contributed by atoms with Crippen molar-refractivity contribution < 1.29 is 0 Å². The molecule has 5 nitrogen and oxygen atoms in total. The number of hydrogen-bond donors (Lipinski definition) is 0. The molecule has 0 spiro atoms. The Morgan fingerprint density at radius 1 is 1.00 bits per heavy atom. The standard InChI is InChI=1S/C16H21N5/c1-13-4-3-6-17-15(13)12-20-8-10-21(11-9-20)16-18-7-5-14(2)19-16/h3-7H,8-12H2,1-2H3. The van der Waals surface area contributed by atoms with Crippen LogP contribution in [-0.2, 0) is 6.54 Å². The average Bonchev–Trinajstić information content (AvgIpc) is 2.50. The maximum Gasteiger partial charge on any atom is 0.225 e. The van der Waals surface area contributed by atoms with Gasteiger partial charge in [0.2, 0.25) is 5.95 Å². The molecule has 5 heteroatoms. The number of rotatable bonds is 3. The summed E-state index contributed by atoms with van der Waals surface area (Å²) < 4.78 is 0. The minimum absolute atomic E-state index is 0.851. The van der Waals surface area contributed by atoms with Gasteiger partial charge in [0.1, 0.15) is 0 Å². The third-order valence-electron chi connectivity index (χ3n) is 3.93. The summed E-state index contributed by atoms with van der Waals surface area (Å²) in [5.41, 5.74) is 3.46. The van der Waals surface area contributed by atoms with Gasteiger partial charge in [-0.2, -0.15) is 0 Å². The van der Waals surface area contributed by atoms with Crippen LogP contribution in [0.1, 0.15) is 17.0 Å². The van der Waals surface area contributed by atoms with Gasteiger partial charge < -0.3 is 4.90 Å². The van der Waals surface area contributed by atoms with Crippen LogP contribution in [0.3, 0.4) is 0 Å². The smallest absolute Gasteiger partial charge is 0.225 e. The third kappa shape index (κ3) is 3.36. The van der Waals surface area contributed by atoms with Crippen molar-refractivity contribution in [2.75, 3.05) is 31.1 Å². The van der Waals surface area contributed by atoms with Gasteiger partial charge in [-0.1, -0.05) is 6.07 Å². The molecule has 0 aliphatic carbocycles. The van der Waals surface area contributed by atoms with Crippen molar-refractivity contribution in [3.63, 3.8) is 0 Å². The van der Waals surface area contributed by atoms with E-state index in [0.717, 1.165) is 44.4 Å². The highest BCUT2D eigenvalue weighted by Gasteiger charge is 2.19. The van der Waals surface area contributed by atoms with Crippen LogP contribution in [0.2, 0.25) is 0 Å². The molecule has 3 heterocycles. The Balaban J connectivity index is 1.59. The number of hydrogen-bond acceptors (Lipinski definition) is 5. The summed E-state index contributed by atoms with van der Waals surface area (Å²) in [6.45, 7) is 9.03. The number of nitrogens with zero attached hydrogens (tertiary/aromatic N) is 5. The lowest BCUT2D eigenvalue weighted by Crippen LogP contribution is -2.46. The van der Waals surface area contributed by atoms with Crippen molar-refractivity contribution in [3.05, 3.63) is 47.5 Å². The van der Waals surface area contributed by atoms with Crippen molar-refractivity contribution in [2.24, 2.45) is 0 Å². The van der Waals surface area contributed by atoms with Gasteiger partial charge in [0, 0.05) is 50.8 Å².